The zero-order valence-corrected chi connectivity index (χ0v) is 37.7. The summed E-state index contributed by atoms with van der Waals surface area (Å²) in [6.07, 6.45) is 50.7. The normalized spacial score (nSPS) is 13.6. The Bertz CT molecular complexity index is 1180. The highest BCUT2D eigenvalue weighted by Gasteiger charge is 2.25. The van der Waals surface area contributed by atoms with Crippen LogP contribution in [0.25, 0.3) is 0 Å². The molecule has 0 aliphatic carbocycles. The van der Waals surface area contributed by atoms with Gasteiger partial charge in [-0.1, -0.05) is 151 Å². The molecule has 332 valence electrons. The summed E-state index contributed by atoms with van der Waals surface area (Å²) in [6.45, 7) is 4.42. The summed E-state index contributed by atoms with van der Waals surface area (Å²) < 4.78 is 17.2. The van der Waals surface area contributed by atoms with Gasteiger partial charge >= 0.3 is 11.9 Å². The van der Waals surface area contributed by atoms with Crippen molar-refractivity contribution in [2.75, 3.05) is 41.0 Å². The van der Waals surface area contributed by atoms with Gasteiger partial charge in [0.15, 0.2) is 6.10 Å². The van der Waals surface area contributed by atoms with Crippen molar-refractivity contribution in [1.82, 2.24) is 0 Å². The third-order valence-corrected chi connectivity index (χ3v) is 9.84. The zero-order chi connectivity index (χ0) is 42.8. The number of carbonyl (C=O) groups is 3. The number of allylic oxidation sites excluding steroid dienone is 12. The number of likely N-dealkylation sites (N-methyl/N-ethyl adjacent to an activating group) is 1. The summed E-state index contributed by atoms with van der Waals surface area (Å²) in [7, 11) is 5.40. The van der Waals surface area contributed by atoms with Gasteiger partial charge in [0.1, 0.15) is 12.6 Å². The molecule has 0 fully saturated rings. The lowest BCUT2D eigenvalue weighted by Crippen LogP contribution is -2.55. The van der Waals surface area contributed by atoms with Crippen LogP contribution in [0.2, 0.25) is 0 Å². The number of hydrogen-bond acceptors (Lipinski definition) is 7. The Kier molecular flexibility index (Phi) is 38.3. The SMILES string of the molecule is CC/C=C/C/C=C/C/C=C/C/C=C/CCCCCCCCCC(=O)OCC(COCCC(C(=O)[O-])[N+](C)(C)C)OC(=O)CCCCCCCCC/C=C/C/C=C/CC. The Morgan fingerprint density at radius 1 is 0.517 bits per heavy atom. The van der Waals surface area contributed by atoms with Crippen LogP contribution in [0.1, 0.15) is 174 Å². The van der Waals surface area contributed by atoms with Gasteiger partial charge < -0.3 is 28.6 Å². The largest absolute Gasteiger partial charge is 0.544 e. The van der Waals surface area contributed by atoms with Crippen LogP contribution < -0.4 is 5.11 Å². The molecule has 58 heavy (non-hydrogen) atoms. The minimum absolute atomic E-state index is 0.0306. The molecule has 0 heterocycles. The first-order valence-electron chi connectivity index (χ1n) is 23.0. The Hall–Kier alpha value is -3.23. The summed E-state index contributed by atoms with van der Waals surface area (Å²) in [5, 5.41) is 11.6. The van der Waals surface area contributed by atoms with E-state index in [1.54, 1.807) is 21.1 Å². The van der Waals surface area contributed by atoms with E-state index >= 15 is 0 Å². The van der Waals surface area contributed by atoms with E-state index in [-0.39, 0.29) is 42.7 Å². The summed E-state index contributed by atoms with van der Waals surface area (Å²) in [4.78, 5) is 36.9. The van der Waals surface area contributed by atoms with Crippen molar-refractivity contribution in [2.45, 2.75) is 187 Å². The molecular formula is C50H85NO7. The third-order valence-electron chi connectivity index (χ3n) is 9.84. The number of quaternary nitrogens is 1. The van der Waals surface area contributed by atoms with E-state index in [9.17, 15) is 19.5 Å². The first kappa shape index (κ1) is 54.8. The summed E-state index contributed by atoms with van der Waals surface area (Å²) in [5.74, 6) is -1.77. The van der Waals surface area contributed by atoms with Crippen LogP contribution in [0.3, 0.4) is 0 Å². The predicted octanol–water partition coefficient (Wildman–Crippen LogP) is 11.4. The van der Waals surface area contributed by atoms with E-state index in [2.05, 4.69) is 86.8 Å². The zero-order valence-electron chi connectivity index (χ0n) is 37.7. The number of nitrogens with zero attached hydrogens (tertiary/aromatic N) is 1. The standard InChI is InChI=1S/C50H85NO7/c1-6-8-10-12-14-16-18-20-22-23-24-25-26-27-29-30-32-34-36-38-40-48(52)57-45-46(44-56-43-42-47(50(54)55)51(3,4)5)58-49(53)41-39-37-35-33-31-28-21-19-17-15-13-11-9-7-2/h8-11,14-17,20,22,24-25,46-47H,6-7,12-13,18-19,21,23,26-45H2,1-5H3/b10-8+,11-9+,16-14+,17-15+,22-20+,25-24+. The Morgan fingerprint density at radius 3 is 1.34 bits per heavy atom. The minimum atomic E-state index is -1.13. The van der Waals surface area contributed by atoms with Crippen molar-refractivity contribution in [3.8, 4) is 0 Å². The average Bonchev–Trinajstić information content (AvgIpc) is 3.18. The van der Waals surface area contributed by atoms with Crippen LogP contribution in [0.5, 0.6) is 0 Å². The van der Waals surface area contributed by atoms with E-state index in [0.29, 0.717) is 12.8 Å². The maximum atomic E-state index is 12.7. The quantitative estimate of drug-likeness (QED) is 0.0263. The van der Waals surface area contributed by atoms with E-state index in [0.717, 1.165) is 96.3 Å². The highest BCUT2D eigenvalue weighted by Crippen LogP contribution is 2.14. The van der Waals surface area contributed by atoms with Gasteiger partial charge in [-0.2, -0.15) is 0 Å². The first-order valence-corrected chi connectivity index (χ1v) is 23.0. The second-order valence-corrected chi connectivity index (χ2v) is 16.2. The molecular weight excluding hydrogens is 727 g/mol. The van der Waals surface area contributed by atoms with Crippen LogP contribution in [-0.4, -0.2) is 75.5 Å². The number of rotatable bonds is 40. The number of esters is 2. The highest BCUT2D eigenvalue weighted by atomic mass is 16.6. The third kappa shape index (κ3) is 38.3. The van der Waals surface area contributed by atoms with Crippen LogP contribution in [0.4, 0.5) is 0 Å². The van der Waals surface area contributed by atoms with Crippen molar-refractivity contribution in [2.24, 2.45) is 0 Å². The molecule has 0 N–H and O–H groups in total. The lowest BCUT2D eigenvalue weighted by Gasteiger charge is -2.34. The molecule has 0 aromatic rings. The van der Waals surface area contributed by atoms with Gasteiger partial charge in [-0.15, -0.1) is 0 Å². The molecule has 0 amide bonds. The fraction of sp³-hybridized carbons (Fsp3) is 0.700. The highest BCUT2D eigenvalue weighted by molar-refractivity contribution is 5.70. The molecule has 0 saturated heterocycles. The lowest BCUT2D eigenvalue weighted by atomic mass is 10.1. The molecule has 0 spiro atoms. The van der Waals surface area contributed by atoms with Gasteiger partial charge in [-0.05, 0) is 77.0 Å². The van der Waals surface area contributed by atoms with E-state index in [1.165, 1.54) is 44.9 Å². The number of carboxylic acid groups (broad SMARTS) is 1. The number of hydrogen-bond donors (Lipinski definition) is 0. The number of carbonyl (C=O) groups excluding carboxylic acids is 3. The molecule has 0 aromatic carbocycles. The van der Waals surface area contributed by atoms with Crippen molar-refractivity contribution < 1.29 is 38.2 Å². The number of unbranched alkanes of at least 4 members (excludes halogenated alkanes) is 14. The van der Waals surface area contributed by atoms with Gasteiger partial charge in [0, 0.05) is 19.3 Å². The fourth-order valence-electron chi connectivity index (χ4n) is 6.33. The molecule has 8 heteroatoms. The molecule has 0 bridgehead atoms. The molecule has 0 aromatic heterocycles. The predicted molar refractivity (Wildman–Crippen MR) is 240 cm³/mol. The van der Waals surface area contributed by atoms with Gasteiger partial charge in [-0.25, -0.2) is 0 Å². The summed E-state index contributed by atoms with van der Waals surface area (Å²) in [6, 6.07) is -0.732. The Labute approximate surface area is 355 Å². The van der Waals surface area contributed by atoms with Crippen LogP contribution in [-0.2, 0) is 28.6 Å². The molecule has 0 aliphatic rings. The Balaban J connectivity index is 4.33. The molecule has 0 saturated carbocycles. The molecule has 0 aliphatic heterocycles. The monoisotopic (exact) mass is 812 g/mol. The topological polar surface area (TPSA) is 102 Å². The molecule has 0 rings (SSSR count). The summed E-state index contributed by atoms with van der Waals surface area (Å²) >= 11 is 0. The van der Waals surface area contributed by atoms with E-state index in [4.69, 9.17) is 14.2 Å². The van der Waals surface area contributed by atoms with E-state index < -0.39 is 18.1 Å². The number of aliphatic carboxylic acids is 1. The van der Waals surface area contributed by atoms with Gasteiger partial charge in [0.25, 0.3) is 0 Å². The molecule has 8 nitrogen and oxygen atoms in total. The average molecular weight is 812 g/mol. The van der Waals surface area contributed by atoms with Gasteiger partial charge in [0.2, 0.25) is 0 Å². The van der Waals surface area contributed by atoms with Gasteiger partial charge in [-0.3, -0.25) is 9.59 Å². The molecule has 2 unspecified atom stereocenters. The van der Waals surface area contributed by atoms with Crippen molar-refractivity contribution in [3.63, 3.8) is 0 Å². The fourth-order valence-corrected chi connectivity index (χ4v) is 6.33. The Morgan fingerprint density at radius 2 is 0.914 bits per heavy atom. The second-order valence-electron chi connectivity index (χ2n) is 16.2. The molecule has 2 atom stereocenters. The lowest BCUT2D eigenvalue weighted by molar-refractivity contribution is -0.889. The van der Waals surface area contributed by atoms with Crippen LogP contribution in [0.15, 0.2) is 72.9 Å². The van der Waals surface area contributed by atoms with Crippen molar-refractivity contribution in [1.29, 1.82) is 0 Å². The number of carboxylic acids is 1. The van der Waals surface area contributed by atoms with Gasteiger partial charge in [0.05, 0.1) is 40.3 Å². The van der Waals surface area contributed by atoms with Crippen molar-refractivity contribution in [3.05, 3.63) is 72.9 Å². The first-order chi connectivity index (χ1) is 28.1. The summed E-state index contributed by atoms with van der Waals surface area (Å²) in [5.41, 5.74) is 0. The van der Waals surface area contributed by atoms with Crippen LogP contribution >= 0.6 is 0 Å². The second kappa shape index (κ2) is 40.5. The maximum Gasteiger partial charge on any atom is 0.306 e. The van der Waals surface area contributed by atoms with Crippen LogP contribution in [0, 0.1) is 0 Å². The molecule has 0 radical (unpaired) electrons. The van der Waals surface area contributed by atoms with Crippen molar-refractivity contribution >= 4 is 17.9 Å². The maximum absolute atomic E-state index is 12.7. The minimum Gasteiger partial charge on any atom is -0.544 e. The number of ether oxygens (including phenoxy) is 3. The van der Waals surface area contributed by atoms with E-state index in [1.807, 2.05) is 0 Å². The smallest absolute Gasteiger partial charge is 0.306 e.